The minimum Gasteiger partial charge on any atom is -0.308 e. The van der Waals surface area contributed by atoms with Crippen LogP contribution in [0.4, 0.5) is 0 Å². The first-order valence-corrected chi connectivity index (χ1v) is 8.51. The van der Waals surface area contributed by atoms with Crippen molar-refractivity contribution in [3.8, 4) is 0 Å². The van der Waals surface area contributed by atoms with Crippen LogP contribution in [0.5, 0.6) is 0 Å². The lowest BCUT2D eigenvalue weighted by Gasteiger charge is -2.23. The summed E-state index contributed by atoms with van der Waals surface area (Å²) in [5, 5.41) is 0. The molecule has 6 heteroatoms. The van der Waals surface area contributed by atoms with Gasteiger partial charge in [-0.1, -0.05) is 28.9 Å². The fraction of sp³-hybridized carbons (Fsp3) is 0.538. The molecule has 4 nitrogen and oxygen atoms in total. The van der Waals surface area contributed by atoms with E-state index in [0.29, 0.717) is 24.5 Å². The number of rotatable bonds is 7. The first-order valence-electron chi connectivity index (χ1n) is 6.28. The van der Waals surface area contributed by atoms with Crippen LogP contribution in [0.2, 0.25) is 0 Å². The number of hydrogen-bond acceptors (Lipinski definition) is 3. The molecule has 0 saturated carbocycles. The average Bonchev–Trinajstić information content (AvgIpc) is 2.34. The largest absolute Gasteiger partial charge is 0.308 e. The maximum atomic E-state index is 12.6. The SMILES string of the molecule is CCCN(CCN(C)C)S(=O)(=O)c1cccc(Br)c1. The summed E-state index contributed by atoms with van der Waals surface area (Å²) in [6.07, 6.45) is 0.806. The van der Waals surface area contributed by atoms with Crippen LogP contribution in [0.25, 0.3) is 0 Å². The lowest BCUT2D eigenvalue weighted by Crippen LogP contribution is -2.37. The standard InChI is InChI=1S/C13H21BrN2O2S/c1-4-8-16(10-9-15(2)3)19(17,18)13-7-5-6-12(14)11-13/h5-7,11H,4,8-10H2,1-3H3. The van der Waals surface area contributed by atoms with Crippen LogP contribution in [0, 0.1) is 0 Å². The molecule has 19 heavy (non-hydrogen) atoms. The van der Waals surface area contributed by atoms with Crippen LogP contribution < -0.4 is 0 Å². The van der Waals surface area contributed by atoms with E-state index in [9.17, 15) is 8.42 Å². The Balaban J connectivity index is 2.98. The summed E-state index contributed by atoms with van der Waals surface area (Å²) in [6, 6.07) is 6.85. The topological polar surface area (TPSA) is 40.6 Å². The molecule has 0 radical (unpaired) electrons. The van der Waals surface area contributed by atoms with Crippen molar-refractivity contribution in [2.45, 2.75) is 18.2 Å². The highest BCUT2D eigenvalue weighted by Gasteiger charge is 2.23. The molecular formula is C13H21BrN2O2S. The quantitative estimate of drug-likeness (QED) is 0.759. The Morgan fingerprint density at radius 1 is 1.16 bits per heavy atom. The number of benzene rings is 1. The van der Waals surface area contributed by atoms with Gasteiger partial charge in [-0.3, -0.25) is 0 Å². The van der Waals surface area contributed by atoms with Crippen LogP contribution in [0.15, 0.2) is 33.6 Å². The van der Waals surface area contributed by atoms with E-state index in [1.807, 2.05) is 32.0 Å². The summed E-state index contributed by atoms with van der Waals surface area (Å²) in [5.74, 6) is 0. The second kappa shape index (κ2) is 7.38. The van der Waals surface area contributed by atoms with E-state index >= 15 is 0 Å². The molecule has 0 heterocycles. The van der Waals surface area contributed by atoms with Gasteiger partial charge in [0.2, 0.25) is 10.0 Å². The molecular weight excluding hydrogens is 328 g/mol. The van der Waals surface area contributed by atoms with Gasteiger partial charge in [0.15, 0.2) is 0 Å². The summed E-state index contributed by atoms with van der Waals surface area (Å²) < 4.78 is 27.5. The highest BCUT2D eigenvalue weighted by atomic mass is 79.9. The molecule has 0 fully saturated rings. The Bertz CT molecular complexity index is 503. The van der Waals surface area contributed by atoms with E-state index in [-0.39, 0.29) is 0 Å². The molecule has 0 unspecified atom stereocenters. The normalized spacial score (nSPS) is 12.3. The molecule has 0 aliphatic heterocycles. The monoisotopic (exact) mass is 348 g/mol. The van der Waals surface area contributed by atoms with Gasteiger partial charge in [0.05, 0.1) is 4.90 Å². The molecule has 108 valence electrons. The van der Waals surface area contributed by atoms with Crippen molar-refractivity contribution in [3.05, 3.63) is 28.7 Å². The maximum Gasteiger partial charge on any atom is 0.243 e. The molecule has 0 amide bonds. The van der Waals surface area contributed by atoms with E-state index in [1.165, 1.54) is 0 Å². The van der Waals surface area contributed by atoms with Gasteiger partial charge in [0.25, 0.3) is 0 Å². The van der Waals surface area contributed by atoms with Gasteiger partial charge in [-0.25, -0.2) is 8.42 Å². The molecule has 1 rings (SSSR count). The zero-order valence-corrected chi connectivity index (χ0v) is 14.0. The first-order chi connectivity index (χ1) is 8.87. The van der Waals surface area contributed by atoms with Gasteiger partial charge < -0.3 is 4.90 Å². The number of hydrogen-bond donors (Lipinski definition) is 0. The third-order valence-corrected chi connectivity index (χ3v) is 5.09. The van der Waals surface area contributed by atoms with E-state index in [2.05, 4.69) is 15.9 Å². The minimum absolute atomic E-state index is 0.342. The summed E-state index contributed by atoms with van der Waals surface area (Å²) in [4.78, 5) is 2.33. The van der Waals surface area contributed by atoms with Crippen molar-refractivity contribution in [2.24, 2.45) is 0 Å². The molecule has 0 saturated heterocycles. The van der Waals surface area contributed by atoms with Crippen LogP contribution in [-0.4, -0.2) is 51.4 Å². The van der Waals surface area contributed by atoms with E-state index < -0.39 is 10.0 Å². The van der Waals surface area contributed by atoms with Crippen LogP contribution >= 0.6 is 15.9 Å². The Hall–Kier alpha value is -0.430. The van der Waals surface area contributed by atoms with Gasteiger partial charge in [0.1, 0.15) is 0 Å². The smallest absolute Gasteiger partial charge is 0.243 e. The van der Waals surface area contributed by atoms with Crippen molar-refractivity contribution in [1.82, 2.24) is 9.21 Å². The molecule has 0 aliphatic rings. The van der Waals surface area contributed by atoms with Gasteiger partial charge in [-0.05, 0) is 38.7 Å². The predicted octanol–water partition coefficient (Wildman–Crippen LogP) is 2.41. The second-order valence-corrected chi connectivity index (χ2v) is 7.52. The molecule has 0 aromatic heterocycles. The molecule has 0 bridgehead atoms. The third-order valence-electron chi connectivity index (χ3n) is 2.70. The van der Waals surface area contributed by atoms with Crippen molar-refractivity contribution in [2.75, 3.05) is 33.7 Å². The van der Waals surface area contributed by atoms with Crippen LogP contribution in [0.1, 0.15) is 13.3 Å². The number of likely N-dealkylation sites (N-methyl/N-ethyl adjacent to an activating group) is 1. The van der Waals surface area contributed by atoms with E-state index in [0.717, 1.165) is 10.9 Å². The van der Waals surface area contributed by atoms with Crippen LogP contribution in [0.3, 0.4) is 0 Å². The highest BCUT2D eigenvalue weighted by molar-refractivity contribution is 9.10. The van der Waals surface area contributed by atoms with Gasteiger partial charge in [-0.2, -0.15) is 4.31 Å². The highest BCUT2D eigenvalue weighted by Crippen LogP contribution is 2.20. The Morgan fingerprint density at radius 3 is 2.37 bits per heavy atom. The zero-order valence-electron chi connectivity index (χ0n) is 11.6. The minimum atomic E-state index is -3.40. The average molecular weight is 349 g/mol. The third kappa shape index (κ3) is 4.87. The molecule has 0 spiro atoms. The lowest BCUT2D eigenvalue weighted by atomic mass is 10.4. The molecule has 0 atom stereocenters. The summed E-state index contributed by atoms with van der Waals surface area (Å²) in [6.45, 7) is 3.75. The van der Waals surface area contributed by atoms with Gasteiger partial charge in [0, 0.05) is 24.1 Å². The number of halogens is 1. The Labute approximate surface area is 124 Å². The van der Waals surface area contributed by atoms with Crippen molar-refractivity contribution in [1.29, 1.82) is 0 Å². The van der Waals surface area contributed by atoms with Gasteiger partial charge >= 0.3 is 0 Å². The van der Waals surface area contributed by atoms with Crippen LogP contribution in [-0.2, 0) is 10.0 Å². The zero-order chi connectivity index (χ0) is 14.5. The second-order valence-electron chi connectivity index (χ2n) is 4.66. The van der Waals surface area contributed by atoms with Gasteiger partial charge in [-0.15, -0.1) is 0 Å². The summed E-state index contributed by atoms with van der Waals surface area (Å²) in [5.41, 5.74) is 0. The van der Waals surface area contributed by atoms with E-state index in [1.54, 1.807) is 22.5 Å². The molecule has 1 aromatic carbocycles. The fourth-order valence-corrected chi connectivity index (χ4v) is 3.81. The lowest BCUT2D eigenvalue weighted by molar-refractivity contribution is 0.333. The fourth-order valence-electron chi connectivity index (χ4n) is 1.69. The molecule has 1 aromatic rings. The number of sulfonamides is 1. The summed E-state index contributed by atoms with van der Waals surface area (Å²) in [7, 11) is 0.476. The maximum absolute atomic E-state index is 12.6. The Kier molecular flexibility index (Phi) is 6.46. The van der Waals surface area contributed by atoms with Crippen molar-refractivity contribution >= 4 is 26.0 Å². The number of nitrogens with zero attached hydrogens (tertiary/aromatic N) is 2. The molecule has 0 aliphatic carbocycles. The Morgan fingerprint density at radius 2 is 1.84 bits per heavy atom. The molecule has 0 N–H and O–H groups in total. The first kappa shape index (κ1) is 16.6. The summed E-state index contributed by atoms with van der Waals surface area (Å²) >= 11 is 3.31. The van der Waals surface area contributed by atoms with E-state index in [4.69, 9.17) is 0 Å². The predicted molar refractivity (Wildman–Crippen MR) is 81.7 cm³/mol. The van der Waals surface area contributed by atoms with Crippen molar-refractivity contribution < 1.29 is 8.42 Å². The van der Waals surface area contributed by atoms with Crippen molar-refractivity contribution in [3.63, 3.8) is 0 Å².